The van der Waals surface area contributed by atoms with E-state index in [-0.39, 0.29) is 16.6 Å². The zero-order chi connectivity index (χ0) is 24.5. The molecule has 2 aliphatic rings. The minimum Gasteiger partial charge on any atom is -0.366 e. The molecule has 1 N–H and O–H groups in total. The normalized spacial score (nSPS) is 20.7. The number of Topliss-reactive ketones (excluding diaryl/α,β-unsaturated/α-hetero) is 1. The third-order valence-corrected chi connectivity index (χ3v) is 7.86. The van der Waals surface area contributed by atoms with Gasteiger partial charge in [-0.3, -0.25) is 14.4 Å². The van der Waals surface area contributed by atoms with E-state index in [0.717, 1.165) is 0 Å². The number of rotatable bonds is 7. The van der Waals surface area contributed by atoms with E-state index in [9.17, 15) is 22.4 Å². The van der Waals surface area contributed by atoms with Gasteiger partial charge in [0.1, 0.15) is 5.82 Å². The molecule has 2 fully saturated rings. The van der Waals surface area contributed by atoms with E-state index in [0.29, 0.717) is 55.8 Å². The molecular formula is C24H28FN3O5S. The summed E-state index contributed by atoms with van der Waals surface area (Å²) in [7, 11) is -3.85. The molecule has 8 nitrogen and oxygen atoms in total. The molecule has 182 valence electrons. The van der Waals surface area contributed by atoms with Crippen LogP contribution in [0.4, 0.5) is 10.1 Å². The van der Waals surface area contributed by atoms with Gasteiger partial charge in [0.25, 0.3) is 10.0 Å². The molecule has 0 bridgehead atoms. The van der Waals surface area contributed by atoms with Crippen LogP contribution < -0.4 is 9.79 Å². The number of piperazine rings is 1. The molecule has 4 rings (SSSR count). The van der Waals surface area contributed by atoms with E-state index in [2.05, 4.69) is 4.89 Å². The molecular weight excluding hydrogens is 461 g/mol. The van der Waals surface area contributed by atoms with Crippen LogP contribution in [-0.2, 0) is 19.7 Å². The van der Waals surface area contributed by atoms with E-state index in [1.54, 1.807) is 42.2 Å². The Morgan fingerprint density at radius 1 is 1.06 bits per heavy atom. The molecule has 1 aliphatic heterocycles. The van der Waals surface area contributed by atoms with E-state index >= 15 is 0 Å². The maximum Gasteiger partial charge on any atom is 0.262 e. The summed E-state index contributed by atoms with van der Waals surface area (Å²) in [5.74, 6) is -1.16. The van der Waals surface area contributed by atoms with Crippen molar-refractivity contribution in [3.05, 3.63) is 59.4 Å². The van der Waals surface area contributed by atoms with Gasteiger partial charge in [0.2, 0.25) is 5.91 Å². The summed E-state index contributed by atoms with van der Waals surface area (Å²) in [5, 5.41) is 0. The largest absolute Gasteiger partial charge is 0.366 e. The third-order valence-electron chi connectivity index (χ3n) is 6.51. The van der Waals surface area contributed by atoms with Crippen LogP contribution in [0, 0.1) is 18.7 Å². The number of nitrogens with one attached hydrogen (secondary N) is 1. The lowest BCUT2D eigenvalue weighted by atomic mass is 9.81. The highest BCUT2D eigenvalue weighted by atomic mass is 32.2. The van der Waals surface area contributed by atoms with E-state index in [4.69, 9.17) is 4.84 Å². The molecule has 1 amide bonds. The van der Waals surface area contributed by atoms with Crippen molar-refractivity contribution in [2.75, 3.05) is 31.1 Å². The average Bonchev–Trinajstić information content (AvgIpc) is 2.78. The van der Waals surface area contributed by atoms with Crippen molar-refractivity contribution in [3.8, 4) is 0 Å². The van der Waals surface area contributed by atoms with Gasteiger partial charge in [-0.25, -0.2) is 12.8 Å². The van der Waals surface area contributed by atoms with Crippen molar-refractivity contribution >= 4 is 27.4 Å². The molecule has 0 radical (unpaired) electrons. The Hall–Kier alpha value is -2.82. The highest BCUT2D eigenvalue weighted by Gasteiger charge is 2.41. The number of aryl methyl sites for hydroxylation is 1. The van der Waals surface area contributed by atoms with Crippen LogP contribution in [0.15, 0.2) is 47.4 Å². The standard InChI is InChI=1S/C24H28FN3O5S/c1-16-5-3-4-6-23(16)34(31,32)26-33-22-10-8-19(22)24(30)28-13-11-27(12-14-28)21-9-7-18(17(2)29)15-20(21)25/h3-7,9,15,19,22,26H,8,10-14H2,1-2H3. The van der Waals surface area contributed by atoms with Gasteiger partial charge >= 0.3 is 0 Å². The van der Waals surface area contributed by atoms with Gasteiger partial charge in [0.15, 0.2) is 5.78 Å². The number of sulfonamides is 1. The molecule has 2 aromatic carbocycles. The number of carbonyl (C=O) groups excluding carboxylic acids is 2. The molecule has 0 aromatic heterocycles. The SMILES string of the molecule is CC(=O)c1ccc(N2CCN(C(=O)C3CCC3ONS(=O)(=O)c3ccccc3C)CC2)c(F)c1. The van der Waals surface area contributed by atoms with Crippen LogP contribution >= 0.6 is 0 Å². The monoisotopic (exact) mass is 489 g/mol. The number of hydrogen-bond acceptors (Lipinski definition) is 6. The summed E-state index contributed by atoms with van der Waals surface area (Å²) in [6, 6.07) is 11.0. The first-order valence-corrected chi connectivity index (χ1v) is 12.7. The van der Waals surface area contributed by atoms with E-state index in [1.807, 2.05) is 4.90 Å². The molecule has 1 heterocycles. The highest BCUT2D eigenvalue weighted by molar-refractivity contribution is 7.89. The third kappa shape index (κ3) is 4.98. The molecule has 10 heteroatoms. The second kappa shape index (κ2) is 9.81. The van der Waals surface area contributed by atoms with Crippen LogP contribution in [0.2, 0.25) is 0 Å². The maximum atomic E-state index is 14.5. The second-order valence-corrected chi connectivity index (χ2v) is 10.3. The first-order chi connectivity index (χ1) is 16.2. The predicted molar refractivity (Wildman–Crippen MR) is 124 cm³/mol. The van der Waals surface area contributed by atoms with Crippen LogP contribution in [0.25, 0.3) is 0 Å². The summed E-state index contributed by atoms with van der Waals surface area (Å²) in [6.07, 6.45) is 0.679. The Kier molecular flexibility index (Phi) is 7.01. The fourth-order valence-electron chi connectivity index (χ4n) is 4.31. The lowest BCUT2D eigenvalue weighted by molar-refractivity contribution is -0.152. The Bertz CT molecular complexity index is 1190. The number of hydrogen-bond donors (Lipinski definition) is 1. The zero-order valence-electron chi connectivity index (χ0n) is 19.2. The van der Waals surface area contributed by atoms with Crippen LogP contribution in [0.1, 0.15) is 35.7 Å². The summed E-state index contributed by atoms with van der Waals surface area (Å²) >= 11 is 0. The zero-order valence-corrected chi connectivity index (χ0v) is 20.0. The van der Waals surface area contributed by atoms with Gasteiger partial charge in [0.05, 0.1) is 22.6 Å². The number of anilines is 1. The fourth-order valence-corrected chi connectivity index (χ4v) is 5.40. The molecule has 0 spiro atoms. The maximum absolute atomic E-state index is 14.5. The van der Waals surface area contributed by atoms with Crippen molar-refractivity contribution in [1.29, 1.82) is 0 Å². The van der Waals surface area contributed by atoms with Crippen LogP contribution in [0.3, 0.4) is 0 Å². The number of ketones is 1. The first kappa shape index (κ1) is 24.3. The molecule has 1 saturated carbocycles. The molecule has 2 unspecified atom stereocenters. The van der Waals surface area contributed by atoms with E-state index in [1.165, 1.54) is 19.1 Å². The summed E-state index contributed by atoms with van der Waals surface area (Å²) in [4.78, 5) is 35.8. The van der Waals surface area contributed by atoms with E-state index < -0.39 is 27.9 Å². The number of amides is 1. The van der Waals surface area contributed by atoms with Crippen molar-refractivity contribution in [2.24, 2.45) is 5.92 Å². The average molecular weight is 490 g/mol. The second-order valence-electron chi connectivity index (χ2n) is 8.73. The quantitative estimate of drug-likeness (QED) is 0.475. The topological polar surface area (TPSA) is 96.0 Å². The fraction of sp³-hybridized carbons (Fsp3) is 0.417. The Balaban J connectivity index is 1.31. The lowest BCUT2D eigenvalue weighted by Gasteiger charge is -2.41. The van der Waals surface area contributed by atoms with Crippen molar-refractivity contribution in [1.82, 2.24) is 9.79 Å². The van der Waals surface area contributed by atoms with Crippen LogP contribution in [0.5, 0.6) is 0 Å². The van der Waals surface area contributed by atoms with Gasteiger partial charge in [-0.15, -0.1) is 0 Å². The van der Waals surface area contributed by atoms with Gasteiger partial charge in [-0.05, 0) is 56.5 Å². The Morgan fingerprint density at radius 3 is 2.35 bits per heavy atom. The van der Waals surface area contributed by atoms with Crippen molar-refractivity contribution < 1.29 is 27.2 Å². The molecule has 2 atom stereocenters. The highest BCUT2D eigenvalue weighted by Crippen LogP contribution is 2.33. The van der Waals surface area contributed by atoms with Gasteiger partial charge in [-0.2, -0.15) is 0 Å². The Morgan fingerprint density at radius 2 is 1.76 bits per heavy atom. The van der Waals surface area contributed by atoms with Gasteiger partial charge < -0.3 is 9.80 Å². The predicted octanol–water partition coefficient (Wildman–Crippen LogP) is 2.67. The minimum absolute atomic E-state index is 0.0848. The molecule has 34 heavy (non-hydrogen) atoms. The minimum atomic E-state index is -3.85. The number of nitrogens with zero attached hydrogens (tertiary/aromatic N) is 2. The van der Waals surface area contributed by atoms with Crippen LogP contribution in [-0.4, -0.2) is 57.3 Å². The number of benzene rings is 2. The summed E-state index contributed by atoms with van der Waals surface area (Å²) in [5.41, 5.74) is 1.33. The number of carbonyl (C=O) groups is 2. The first-order valence-electron chi connectivity index (χ1n) is 11.2. The molecule has 1 saturated heterocycles. The smallest absolute Gasteiger partial charge is 0.262 e. The summed E-state index contributed by atoms with van der Waals surface area (Å²) in [6.45, 7) is 4.85. The molecule has 1 aliphatic carbocycles. The van der Waals surface area contributed by atoms with Crippen molar-refractivity contribution in [2.45, 2.75) is 37.7 Å². The summed E-state index contributed by atoms with van der Waals surface area (Å²) < 4.78 is 39.6. The number of halogens is 1. The van der Waals surface area contributed by atoms with Gasteiger partial charge in [-0.1, -0.05) is 23.1 Å². The van der Waals surface area contributed by atoms with Gasteiger partial charge in [0, 0.05) is 31.7 Å². The molecule has 2 aromatic rings. The van der Waals surface area contributed by atoms with Crippen molar-refractivity contribution in [3.63, 3.8) is 0 Å². The lowest BCUT2D eigenvalue weighted by Crippen LogP contribution is -2.55. The Labute approximate surface area is 198 Å².